The van der Waals surface area contributed by atoms with Crippen LogP contribution in [0.4, 0.5) is 0 Å². The van der Waals surface area contributed by atoms with E-state index in [4.69, 9.17) is 5.11 Å². The molecule has 1 aliphatic carbocycles. The van der Waals surface area contributed by atoms with Crippen LogP contribution in [0, 0.1) is 0 Å². The third kappa shape index (κ3) is 3.45. The molecule has 0 amide bonds. The fourth-order valence-electron chi connectivity index (χ4n) is 2.05. The van der Waals surface area contributed by atoms with Gasteiger partial charge in [-0.05, 0) is 30.2 Å². The van der Waals surface area contributed by atoms with Crippen molar-refractivity contribution in [2.75, 3.05) is 0 Å². The Morgan fingerprint density at radius 1 is 0.810 bits per heavy atom. The summed E-state index contributed by atoms with van der Waals surface area (Å²) in [5, 5.41) is 9.11. The Labute approximate surface area is 123 Å². The highest BCUT2D eigenvalue weighted by atomic mass is 16.3. The topological polar surface area (TPSA) is 54.4 Å². The molecule has 1 N–H and O–H groups in total. The van der Waals surface area contributed by atoms with Gasteiger partial charge in [0.1, 0.15) is 5.75 Å². The summed E-state index contributed by atoms with van der Waals surface area (Å²) in [6.45, 7) is 2.02. The van der Waals surface area contributed by atoms with Gasteiger partial charge in [-0.1, -0.05) is 49.4 Å². The summed E-state index contributed by atoms with van der Waals surface area (Å²) in [5.74, 6) is 0.218. The quantitative estimate of drug-likeness (QED) is 0.868. The predicted octanol–water partition coefficient (Wildman–Crippen LogP) is 3.58. The maximum atomic E-state index is 11.2. The lowest BCUT2D eigenvalue weighted by atomic mass is 9.95. The molecular formula is C18H16O3. The number of hydrogen-bond donors (Lipinski definition) is 1. The molecule has 3 heteroatoms. The lowest BCUT2D eigenvalue weighted by molar-refractivity contribution is 0.0994. The highest BCUT2D eigenvalue weighted by Gasteiger charge is 2.16. The van der Waals surface area contributed by atoms with Gasteiger partial charge in [-0.25, -0.2) is 0 Å². The molecular weight excluding hydrogens is 264 g/mol. The number of allylic oxidation sites excluding steroid dienone is 2. The largest absolute Gasteiger partial charge is 0.508 e. The summed E-state index contributed by atoms with van der Waals surface area (Å²) in [5.41, 5.74) is 2.02. The van der Waals surface area contributed by atoms with Gasteiger partial charge in [-0.3, -0.25) is 9.59 Å². The number of benzene rings is 2. The van der Waals surface area contributed by atoms with Crippen LogP contribution in [0.5, 0.6) is 5.75 Å². The van der Waals surface area contributed by atoms with E-state index in [-0.39, 0.29) is 11.6 Å². The average molecular weight is 280 g/mol. The maximum absolute atomic E-state index is 11.2. The van der Waals surface area contributed by atoms with Crippen LogP contribution in [0.3, 0.4) is 0 Å². The van der Waals surface area contributed by atoms with Gasteiger partial charge in [-0.15, -0.1) is 0 Å². The van der Waals surface area contributed by atoms with Crippen LogP contribution in [0.15, 0.2) is 60.7 Å². The normalized spacial score (nSPS) is 12.4. The number of phenolic OH excluding ortho intramolecular Hbond substituents is 1. The number of carbonyl (C=O) groups excluding carboxylic acids is 2. The second-order valence-corrected chi connectivity index (χ2v) is 4.59. The number of rotatable bonds is 1. The third-order valence-corrected chi connectivity index (χ3v) is 3.22. The first kappa shape index (κ1) is 14.7. The molecule has 0 saturated carbocycles. The monoisotopic (exact) mass is 280 g/mol. The zero-order valence-electron chi connectivity index (χ0n) is 11.7. The molecule has 0 radical (unpaired) electrons. The third-order valence-electron chi connectivity index (χ3n) is 3.22. The van der Waals surface area contributed by atoms with Crippen molar-refractivity contribution in [1.29, 1.82) is 0 Å². The molecule has 21 heavy (non-hydrogen) atoms. The standard InChI is InChI=1S/C10H6O2.C8H10O/c11-9-5-6-10(12)8-4-2-1-3-7(8)9;1-2-7-5-3-4-6-8(7)9/h1-6H;3-6,9H,2H2,1H3. The Bertz CT molecular complexity index is 662. The van der Waals surface area contributed by atoms with Crippen LogP contribution in [-0.4, -0.2) is 16.7 Å². The second-order valence-electron chi connectivity index (χ2n) is 4.59. The summed E-state index contributed by atoms with van der Waals surface area (Å²) in [6, 6.07) is 14.2. The highest BCUT2D eigenvalue weighted by molar-refractivity contribution is 6.21. The summed E-state index contributed by atoms with van der Waals surface area (Å²) in [7, 11) is 0. The SMILES string of the molecule is CCc1ccccc1O.O=C1C=CC(=O)c2ccccc21. The first-order chi connectivity index (χ1) is 10.1. The van der Waals surface area contributed by atoms with Crippen LogP contribution < -0.4 is 0 Å². The molecule has 0 heterocycles. The van der Waals surface area contributed by atoms with Crippen LogP contribution >= 0.6 is 0 Å². The molecule has 0 spiro atoms. The van der Waals surface area contributed by atoms with Gasteiger partial charge >= 0.3 is 0 Å². The Hall–Kier alpha value is -2.68. The number of aryl methyl sites for hydroxylation is 1. The van der Waals surface area contributed by atoms with E-state index in [1.54, 1.807) is 30.3 Å². The number of ketones is 2. The molecule has 2 aromatic carbocycles. The lowest BCUT2D eigenvalue weighted by Gasteiger charge is -2.06. The first-order valence-corrected chi connectivity index (χ1v) is 6.76. The lowest BCUT2D eigenvalue weighted by Crippen LogP contribution is -2.10. The number of aromatic hydroxyl groups is 1. The Balaban J connectivity index is 0.000000161. The van der Waals surface area contributed by atoms with Crippen molar-refractivity contribution >= 4 is 11.6 Å². The van der Waals surface area contributed by atoms with Gasteiger partial charge in [0.2, 0.25) is 0 Å². The van der Waals surface area contributed by atoms with Gasteiger partial charge in [0.15, 0.2) is 11.6 Å². The first-order valence-electron chi connectivity index (χ1n) is 6.76. The van der Waals surface area contributed by atoms with Gasteiger partial charge < -0.3 is 5.11 Å². The van der Waals surface area contributed by atoms with E-state index in [2.05, 4.69) is 0 Å². The second kappa shape index (κ2) is 6.66. The van der Waals surface area contributed by atoms with Crippen molar-refractivity contribution in [3.63, 3.8) is 0 Å². The van der Waals surface area contributed by atoms with Crippen LogP contribution in [0.2, 0.25) is 0 Å². The van der Waals surface area contributed by atoms with Crippen molar-refractivity contribution in [3.05, 3.63) is 77.4 Å². The summed E-state index contributed by atoms with van der Waals surface area (Å²) < 4.78 is 0. The molecule has 0 bridgehead atoms. The van der Waals surface area contributed by atoms with E-state index in [9.17, 15) is 9.59 Å². The number of fused-ring (bicyclic) bond motifs is 1. The van der Waals surface area contributed by atoms with Crippen LogP contribution in [0.1, 0.15) is 33.2 Å². The molecule has 0 unspecified atom stereocenters. The minimum atomic E-state index is -0.0924. The molecule has 0 atom stereocenters. The molecule has 3 nitrogen and oxygen atoms in total. The van der Waals surface area contributed by atoms with E-state index in [1.165, 1.54) is 12.2 Å². The Morgan fingerprint density at radius 2 is 1.29 bits per heavy atom. The molecule has 0 aromatic heterocycles. The van der Waals surface area contributed by atoms with Crippen molar-refractivity contribution in [3.8, 4) is 5.75 Å². The molecule has 0 fully saturated rings. The zero-order chi connectivity index (χ0) is 15.2. The average Bonchev–Trinajstić information content (AvgIpc) is 2.52. The molecule has 2 aromatic rings. The fourth-order valence-corrected chi connectivity index (χ4v) is 2.05. The molecule has 3 rings (SSSR count). The fraction of sp³-hybridized carbons (Fsp3) is 0.111. The van der Waals surface area contributed by atoms with Gasteiger partial charge in [0.05, 0.1) is 0 Å². The predicted molar refractivity (Wildman–Crippen MR) is 81.7 cm³/mol. The van der Waals surface area contributed by atoms with Crippen molar-refractivity contribution < 1.29 is 14.7 Å². The van der Waals surface area contributed by atoms with Gasteiger partial charge in [-0.2, -0.15) is 0 Å². The van der Waals surface area contributed by atoms with E-state index in [1.807, 2.05) is 25.1 Å². The van der Waals surface area contributed by atoms with Crippen LogP contribution in [-0.2, 0) is 6.42 Å². The number of hydrogen-bond acceptors (Lipinski definition) is 3. The van der Waals surface area contributed by atoms with Gasteiger partial charge in [0, 0.05) is 11.1 Å². The maximum Gasteiger partial charge on any atom is 0.186 e. The minimum Gasteiger partial charge on any atom is -0.508 e. The van der Waals surface area contributed by atoms with Crippen molar-refractivity contribution in [2.45, 2.75) is 13.3 Å². The summed E-state index contributed by atoms with van der Waals surface area (Å²) >= 11 is 0. The number of phenols is 1. The molecule has 106 valence electrons. The van der Waals surface area contributed by atoms with E-state index in [0.717, 1.165) is 12.0 Å². The van der Waals surface area contributed by atoms with Crippen molar-refractivity contribution in [2.24, 2.45) is 0 Å². The van der Waals surface area contributed by atoms with E-state index in [0.29, 0.717) is 16.9 Å². The zero-order valence-corrected chi connectivity index (χ0v) is 11.7. The molecule has 0 aliphatic heterocycles. The number of carbonyl (C=O) groups is 2. The van der Waals surface area contributed by atoms with E-state index < -0.39 is 0 Å². The smallest absolute Gasteiger partial charge is 0.186 e. The Kier molecular flexibility index (Phi) is 4.67. The van der Waals surface area contributed by atoms with E-state index >= 15 is 0 Å². The summed E-state index contributed by atoms with van der Waals surface area (Å²) in [4.78, 5) is 22.4. The molecule has 0 saturated heterocycles. The van der Waals surface area contributed by atoms with Crippen LogP contribution in [0.25, 0.3) is 0 Å². The highest BCUT2D eigenvalue weighted by Crippen LogP contribution is 2.16. The minimum absolute atomic E-state index is 0.0924. The Morgan fingerprint density at radius 3 is 1.71 bits per heavy atom. The number of para-hydroxylation sites is 1. The molecule has 1 aliphatic rings. The van der Waals surface area contributed by atoms with Crippen molar-refractivity contribution in [1.82, 2.24) is 0 Å². The van der Waals surface area contributed by atoms with Gasteiger partial charge in [0.25, 0.3) is 0 Å². The summed E-state index contributed by atoms with van der Waals surface area (Å²) in [6.07, 6.45) is 3.52.